The number of rotatable bonds is 7. The lowest BCUT2D eigenvalue weighted by molar-refractivity contribution is -0.0598. The third-order valence-corrected chi connectivity index (χ3v) is 3.96. The quantitative estimate of drug-likeness (QED) is 0.569. The van der Waals surface area contributed by atoms with Gasteiger partial charge in [0.1, 0.15) is 12.4 Å². The molecule has 0 fully saturated rings. The van der Waals surface area contributed by atoms with Crippen LogP contribution < -0.4 is 10.1 Å². The molecule has 0 heterocycles. The molecular weight excluding hydrogens is 372 g/mol. The van der Waals surface area contributed by atoms with Gasteiger partial charge in [0.2, 0.25) is 0 Å². The first-order valence-electron chi connectivity index (χ1n) is 7.58. The van der Waals surface area contributed by atoms with Crippen molar-refractivity contribution in [3.8, 4) is 5.75 Å². The van der Waals surface area contributed by atoms with Crippen molar-refractivity contribution in [2.24, 2.45) is 0 Å². The van der Waals surface area contributed by atoms with E-state index in [0.29, 0.717) is 18.0 Å². The number of benzene rings is 2. The van der Waals surface area contributed by atoms with Gasteiger partial charge < -0.3 is 10.1 Å². The molecule has 2 rings (SSSR count). The summed E-state index contributed by atoms with van der Waals surface area (Å²) in [7, 11) is 2.97. The molecule has 5 nitrogen and oxygen atoms in total. The fourth-order valence-corrected chi connectivity index (χ4v) is 2.57. The van der Waals surface area contributed by atoms with E-state index in [9.17, 15) is 4.79 Å². The number of anilines is 1. The molecule has 0 aliphatic heterocycles. The molecule has 0 aliphatic rings. The van der Waals surface area contributed by atoms with Crippen molar-refractivity contribution in [2.75, 3.05) is 26.1 Å². The maximum absolute atomic E-state index is 11.8. The van der Waals surface area contributed by atoms with Crippen LogP contribution >= 0.6 is 15.9 Å². The minimum absolute atomic E-state index is 0.206. The van der Waals surface area contributed by atoms with Crippen molar-refractivity contribution in [1.29, 1.82) is 0 Å². The van der Waals surface area contributed by atoms with Crippen LogP contribution in [0.2, 0.25) is 0 Å². The second kappa shape index (κ2) is 9.30. The van der Waals surface area contributed by atoms with Crippen molar-refractivity contribution in [3.05, 3.63) is 60.2 Å². The standard InChI is InChI=1S/C18H21BrN2O3/c1-21(23-2)18(22)20-16-9-6-10-17(12-16)24-13-15(19)11-14-7-4-3-5-8-14/h3-10,12,15H,11,13H2,1-2H3,(H,20,22). The van der Waals surface area contributed by atoms with Gasteiger partial charge in [-0.2, -0.15) is 0 Å². The van der Waals surface area contributed by atoms with Gasteiger partial charge in [-0.25, -0.2) is 9.86 Å². The maximum Gasteiger partial charge on any atom is 0.345 e. The Bertz CT molecular complexity index is 652. The molecule has 1 N–H and O–H groups in total. The normalized spacial score (nSPS) is 11.6. The van der Waals surface area contributed by atoms with E-state index in [0.717, 1.165) is 11.5 Å². The first-order valence-corrected chi connectivity index (χ1v) is 8.49. The van der Waals surface area contributed by atoms with Crippen LogP contribution in [-0.2, 0) is 11.3 Å². The summed E-state index contributed by atoms with van der Waals surface area (Å²) in [5.41, 5.74) is 1.90. The van der Waals surface area contributed by atoms with Gasteiger partial charge in [-0.3, -0.25) is 4.84 Å². The smallest absolute Gasteiger partial charge is 0.345 e. The highest BCUT2D eigenvalue weighted by Gasteiger charge is 2.09. The monoisotopic (exact) mass is 392 g/mol. The molecule has 128 valence electrons. The first-order chi connectivity index (χ1) is 11.6. The number of amides is 2. The van der Waals surface area contributed by atoms with Gasteiger partial charge in [0.15, 0.2) is 0 Å². The van der Waals surface area contributed by atoms with Crippen LogP contribution in [0.1, 0.15) is 5.56 Å². The first kappa shape index (κ1) is 18.3. The Labute approximate surface area is 150 Å². The average Bonchev–Trinajstić information content (AvgIpc) is 2.60. The van der Waals surface area contributed by atoms with E-state index in [1.807, 2.05) is 30.3 Å². The minimum atomic E-state index is -0.350. The summed E-state index contributed by atoms with van der Waals surface area (Å²) in [6.45, 7) is 0.532. The Hall–Kier alpha value is -2.05. The molecule has 1 atom stereocenters. The number of hydroxylamine groups is 2. The van der Waals surface area contributed by atoms with E-state index >= 15 is 0 Å². The SMILES string of the molecule is CON(C)C(=O)Nc1cccc(OCC(Br)Cc2ccccc2)c1. The van der Waals surface area contributed by atoms with E-state index in [1.165, 1.54) is 19.7 Å². The number of nitrogens with zero attached hydrogens (tertiary/aromatic N) is 1. The molecule has 1 unspecified atom stereocenters. The van der Waals surface area contributed by atoms with Gasteiger partial charge in [-0.15, -0.1) is 0 Å². The third kappa shape index (κ3) is 5.86. The summed E-state index contributed by atoms with van der Waals surface area (Å²) in [6.07, 6.45) is 0.885. The Morgan fingerprint density at radius 2 is 1.96 bits per heavy atom. The molecule has 2 aromatic rings. The molecule has 0 bridgehead atoms. The summed E-state index contributed by atoms with van der Waals surface area (Å²) < 4.78 is 5.81. The van der Waals surface area contributed by atoms with Crippen LogP contribution in [0.15, 0.2) is 54.6 Å². The van der Waals surface area contributed by atoms with E-state index in [-0.39, 0.29) is 10.9 Å². The molecule has 2 amide bonds. The van der Waals surface area contributed by atoms with Gasteiger partial charge >= 0.3 is 6.03 Å². The number of nitrogens with one attached hydrogen (secondary N) is 1. The number of urea groups is 1. The molecule has 0 aromatic heterocycles. The molecular formula is C18H21BrN2O3. The zero-order chi connectivity index (χ0) is 17.4. The Morgan fingerprint density at radius 1 is 1.21 bits per heavy atom. The Balaban J connectivity index is 1.86. The second-order valence-corrected chi connectivity index (χ2v) is 6.53. The van der Waals surface area contributed by atoms with Gasteiger partial charge in [0.05, 0.1) is 11.9 Å². The van der Waals surface area contributed by atoms with E-state index in [2.05, 4.69) is 33.4 Å². The molecule has 0 saturated heterocycles. The highest BCUT2D eigenvalue weighted by Crippen LogP contribution is 2.19. The fraction of sp³-hybridized carbons (Fsp3) is 0.278. The van der Waals surface area contributed by atoms with Crippen molar-refractivity contribution in [3.63, 3.8) is 0 Å². The van der Waals surface area contributed by atoms with Crippen LogP contribution in [0.3, 0.4) is 0 Å². The number of alkyl halides is 1. The van der Waals surface area contributed by atoms with Crippen molar-refractivity contribution >= 4 is 27.6 Å². The summed E-state index contributed by atoms with van der Waals surface area (Å²) in [4.78, 5) is 16.8. The second-order valence-electron chi connectivity index (χ2n) is 5.24. The summed E-state index contributed by atoms with van der Waals surface area (Å²) in [6, 6.07) is 17.2. The molecule has 6 heteroatoms. The minimum Gasteiger partial charge on any atom is -0.492 e. The molecule has 24 heavy (non-hydrogen) atoms. The van der Waals surface area contributed by atoms with Gasteiger partial charge in [-0.05, 0) is 24.1 Å². The Kier molecular flexibility index (Phi) is 7.08. The number of carbonyl (C=O) groups excluding carboxylic acids is 1. The van der Waals surface area contributed by atoms with E-state index in [1.54, 1.807) is 12.1 Å². The van der Waals surface area contributed by atoms with Crippen molar-refractivity contribution in [1.82, 2.24) is 5.06 Å². The van der Waals surface area contributed by atoms with Crippen LogP contribution in [0.5, 0.6) is 5.75 Å². The zero-order valence-electron chi connectivity index (χ0n) is 13.7. The summed E-state index contributed by atoms with van der Waals surface area (Å²) >= 11 is 3.64. The number of hydrogen-bond donors (Lipinski definition) is 1. The number of ether oxygens (including phenoxy) is 1. The highest BCUT2D eigenvalue weighted by molar-refractivity contribution is 9.09. The molecule has 0 spiro atoms. The number of halogens is 1. The van der Waals surface area contributed by atoms with Crippen LogP contribution in [0.25, 0.3) is 0 Å². The maximum atomic E-state index is 11.8. The van der Waals surface area contributed by atoms with Crippen LogP contribution in [0.4, 0.5) is 10.5 Å². The molecule has 0 radical (unpaired) electrons. The molecule has 2 aromatic carbocycles. The summed E-state index contributed by atoms with van der Waals surface area (Å²) in [5, 5.41) is 3.84. The van der Waals surface area contributed by atoms with E-state index < -0.39 is 0 Å². The number of carbonyl (C=O) groups is 1. The lowest BCUT2D eigenvalue weighted by atomic mass is 10.1. The highest BCUT2D eigenvalue weighted by atomic mass is 79.9. The fourth-order valence-electron chi connectivity index (χ4n) is 2.06. The van der Waals surface area contributed by atoms with Gasteiger partial charge in [0, 0.05) is 18.8 Å². The number of hydrogen-bond acceptors (Lipinski definition) is 3. The lowest BCUT2D eigenvalue weighted by Gasteiger charge is -2.16. The Morgan fingerprint density at radius 3 is 2.67 bits per heavy atom. The van der Waals surface area contributed by atoms with Gasteiger partial charge in [0.25, 0.3) is 0 Å². The third-order valence-electron chi connectivity index (χ3n) is 3.38. The average molecular weight is 393 g/mol. The summed E-state index contributed by atoms with van der Waals surface area (Å²) in [5.74, 6) is 0.699. The van der Waals surface area contributed by atoms with E-state index in [4.69, 9.17) is 9.57 Å². The predicted molar refractivity (Wildman–Crippen MR) is 98.6 cm³/mol. The largest absolute Gasteiger partial charge is 0.492 e. The van der Waals surface area contributed by atoms with Crippen molar-refractivity contribution in [2.45, 2.75) is 11.2 Å². The van der Waals surface area contributed by atoms with Gasteiger partial charge in [-0.1, -0.05) is 52.3 Å². The van der Waals surface area contributed by atoms with Crippen LogP contribution in [-0.4, -0.2) is 36.7 Å². The molecule has 0 aliphatic carbocycles. The van der Waals surface area contributed by atoms with Crippen molar-refractivity contribution < 1.29 is 14.4 Å². The lowest BCUT2D eigenvalue weighted by Crippen LogP contribution is -2.30. The zero-order valence-corrected chi connectivity index (χ0v) is 15.3. The topological polar surface area (TPSA) is 50.8 Å². The molecule has 0 saturated carbocycles. The van der Waals surface area contributed by atoms with Crippen LogP contribution in [0, 0.1) is 0 Å². The predicted octanol–water partition coefficient (Wildman–Crippen LogP) is 4.10.